The zero-order valence-corrected chi connectivity index (χ0v) is 11.2. The summed E-state index contributed by atoms with van der Waals surface area (Å²) in [7, 11) is 0. The van der Waals surface area contributed by atoms with E-state index in [-0.39, 0.29) is 0 Å². The Morgan fingerprint density at radius 3 is 2.33 bits per heavy atom. The van der Waals surface area contributed by atoms with Gasteiger partial charge in [0.15, 0.2) is 0 Å². The van der Waals surface area contributed by atoms with Gasteiger partial charge < -0.3 is 5.11 Å². The van der Waals surface area contributed by atoms with Crippen molar-refractivity contribution >= 4 is 11.6 Å². The van der Waals surface area contributed by atoms with Crippen LogP contribution < -0.4 is 0 Å². The van der Waals surface area contributed by atoms with Gasteiger partial charge in [0, 0.05) is 10.6 Å². The van der Waals surface area contributed by atoms with E-state index < -0.39 is 6.10 Å². The maximum atomic E-state index is 10.3. The van der Waals surface area contributed by atoms with Crippen LogP contribution in [-0.2, 0) is 6.42 Å². The zero-order chi connectivity index (χ0) is 13.0. The Bertz CT molecular complexity index is 505. The van der Waals surface area contributed by atoms with Crippen molar-refractivity contribution in [2.45, 2.75) is 25.9 Å². The Balaban J connectivity index is 2.23. The van der Waals surface area contributed by atoms with Crippen molar-refractivity contribution in [2.24, 2.45) is 0 Å². The summed E-state index contributed by atoms with van der Waals surface area (Å²) in [5.74, 6) is 0. The second-order valence-electron chi connectivity index (χ2n) is 4.42. The molecule has 0 aromatic heterocycles. The first-order chi connectivity index (χ1) is 8.72. The molecular formula is C16H17ClO. The highest BCUT2D eigenvalue weighted by molar-refractivity contribution is 6.31. The average Bonchev–Trinajstić information content (AvgIpc) is 2.40. The van der Waals surface area contributed by atoms with Gasteiger partial charge in [-0.05, 0) is 23.6 Å². The quantitative estimate of drug-likeness (QED) is 0.865. The van der Waals surface area contributed by atoms with E-state index in [2.05, 4.69) is 19.1 Å². The summed E-state index contributed by atoms with van der Waals surface area (Å²) in [6, 6.07) is 15.5. The molecule has 1 atom stereocenters. The molecule has 0 aliphatic heterocycles. The van der Waals surface area contributed by atoms with Crippen LogP contribution in [0.5, 0.6) is 0 Å². The van der Waals surface area contributed by atoms with Gasteiger partial charge in [0.05, 0.1) is 0 Å². The first-order valence-corrected chi connectivity index (χ1v) is 6.61. The third-order valence-corrected chi connectivity index (χ3v) is 3.38. The molecule has 0 spiro atoms. The van der Waals surface area contributed by atoms with E-state index in [9.17, 15) is 5.11 Å². The Labute approximate surface area is 113 Å². The van der Waals surface area contributed by atoms with E-state index in [1.54, 1.807) is 6.07 Å². The molecule has 2 heteroatoms. The van der Waals surface area contributed by atoms with Gasteiger partial charge >= 0.3 is 0 Å². The lowest BCUT2D eigenvalue weighted by Crippen LogP contribution is -2.00. The van der Waals surface area contributed by atoms with Gasteiger partial charge in [-0.1, -0.05) is 67.4 Å². The highest BCUT2D eigenvalue weighted by atomic mass is 35.5. The third kappa shape index (κ3) is 2.92. The zero-order valence-electron chi connectivity index (χ0n) is 10.4. The summed E-state index contributed by atoms with van der Waals surface area (Å²) < 4.78 is 0. The number of hydrogen-bond donors (Lipinski definition) is 1. The number of aliphatic hydroxyl groups excluding tert-OH is 1. The molecule has 2 aromatic carbocycles. The number of aliphatic hydroxyl groups is 1. The summed E-state index contributed by atoms with van der Waals surface area (Å²) in [5.41, 5.74) is 2.93. The summed E-state index contributed by atoms with van der Waals surface area (Å²) in [6.45, 7) is 2.16. The lowest BCUT2D eigenvalue weighted by atomic mass is 9.99. The van der Waals surface area contributed by atoms with Crippen LogP contribution >= 0.6 is 11.6 Å². The van der Waals surface area contributed by atoms with Crippen LogP contribution in [0.1, 0.15) is 36.1 Å². The van der Waals surface area contributed by atoms with Gasteiger partial charge in [-0.15, -0.1) is 0 Å². The minimum Gasteiger partial charge on any atom is -0.384 e. The fourth-order valence-electron chi connectivity index (χ4n) is 2.03. The van der Waals surface area contributed by atoms with Crippen LogP contribution in [-0.4, -0.2) is 5.11 Å². The van der Waals surface area contributed by atoms with Crippen molar-refractivity contribution in [3.63, 3.8) is 0 Å². The second kappa shape index (κ2) is 6.03. The largest absolute Gasteiger partial charge is 0.384 e. The van der Waals surface area contributed by atoms with E-state index in [1.807, 2.05) is 30.3 Å². The van der Waals surface area contributed by atoms with Crippen molar-refractivity contribution in [3.8, 4) is 0 Å². The molecule has 1 unspecified atom stereocenters. The molecule has 0 saturated carbocycles. The molecule has 0 saturated heterocycles. The Kier molecular flexibility index (Phi) is 4.40. The first kappa shape index (κ1) is 13.1. The van der Waals surface area contributed by atoms with Gasteiger partial charge in [-0.3, -0.25) is 0 Å². The molecule has 1 nitrogen and oxygen atoms in total. The fraction of sp³-hybridized carbons (Fsp3) is 0.250. The lowest BCUT2D eigenvalue weighted by Gasteiger charge is -2.13. The summed E-state index contributed by atoms with van der Waals surface area (Å²) in [5, 5.41) is 10.9. The molecule has 0 fully saturated rings. The SMILES string of the molecule is CCCc1ccc(C(O)c2ccccc2Cl)cc1. The van der Waals surface area contributed by atoms with Crippen LogP contribution in [0.4, 0.5) is 0 Å². The molecule has 1 N–H and O–H groups in total. The van der Waals surface area contributed by atoms with Crippen LogP contribution in [0, 0.1) is 0 Å². The van der Waals surface area contributed by atoms with Gasteiger partial charge in [-0.2, -0.15) is 0 Å². The Morgan fingerprint density at radius 2 is 1.72 bits per heavy atom. The number of halogens is 1. The number of aryl methyl sites for hydroxylation is 1. The minimum atomic E-state index is -0.658. The highest BCUT2D eigenvalue weighted by Crippen LogP contribution is 2.28. The number of benzene rings is 2. The Hall–Kier alpha value is -1.31. The molecule has 2 rings (SSSR count). The van der Waals surface area contributed by atoms with E-state index >= 15 is 0 Å². The first-order valence-electron chi connectivity index (χ1n) is 6.23. The van der Waals surface area contributed by atoms with Crippen LogP contribution in [0.3, 0.4) is 0 Å². The topological polar surface area (TPSA) is 20.2 Å². The molecule has 0 bridgehead atoms. The molecular weight excluding hydrogens is 244 g/mol. The van der Waals surface area contributed by atoms with Crippen molar-refractivity contribution in [1.82, 2.24) is 0 Å². The van der Waals surface area contributed by atoms with Crippen LogP contribution in [0.2, 0.25) is 5.02 Å². The molecule has 0 amide bonds. The van der Waals surface area contributed by atoms with E-state index in [4.69, 9.17) is 11.6 Å². The van der Waals surface area contributed by atoms with Gasteiger partial charge in [0.1, 0.15) is 6.10 Å². The van der Waals surface area contributed by atoms with Crippen molar-refractivity contribution < 1.29 is 5.11 Å². The second-order valence-corrected chi connectivity index (χ2v) is 4.82. The third-order valence-electron chi connectivity index (χ3n) is 3.03. The van der Waals surface area contributed by atoms with E-state index in [0.29, 0.717) is 5.02 Å². The number of rotatable bonds is 4. The minimum absolute atomic E-state index is 0.600. The van der Waals surface area contributed by atoms with E-state index in [1.165, 1.54) is 5.56 Å². The molecule has 0 radical (unpaired) electrons. The van der Waals surface area contributed by atoms with Crippen LogP contribution in [0.25, 0.3) is 0 Å². The average molecular weight is 261 g/mol. The van der Waals surface area contributed by atoms with Gasteiger partial charge in [-0.25, -0.2) is 0 Å². The predicted molar refractivity (Wildman–Crippen MR) is 76.0 cm³/mol. The lowest BCUT2D eigenvalue weighted by molar-refractivity contribution is 0.220. The Morgan fingerprint density at radius 1 is 1.06 bits per heavy atom. The number of hydrogen-bond acceptors (Lipinski definition) is 1. The summed E-state index contributed by atoms with van der Waals surface area (Å²) in [6.07, 6.45) is 1.55. The molecule has 0 heterocycles. The maximum absolute atomic E-state index is 10.3. The predicted octanol–water partition coefficient (Wildman–Crippen LogP) is 4.37. The van der Waals surface area contributed by atoms with Gasteiger partial charge in [0.25, 0.3) is 0 Å². The van der Waals surface area contributed by atoms with Crippen molar-refractivity contribution in [2.75, 3.05) is 0 Å². The fourth-order valence-corrected chi connectivity index (χ4v) is 2.27. The normalized spacial score (nSPS) is 12.4. The standard InChI is InChI=1S/C16H17ClO/c1-2-5-12-8-10-13(11-9-12)16(18)14-6-3-4-7-15(14)17/h3-4,6-11,16,18H,2,5H2,1H3. The summed E-state index contributed by atoms with van der Waals surface area (Å²) >= 11 is 6.09. The highest BCUT2D eigenvalue weighted by Gasteiger charge is 2.12. The molecule has 2 aromatic rings. The van der Waals surface area contributed by atoms with Crippen LogP contribution in [0.15, 0.2) is 48.5 Å². The molecule has 0 aliphatic rings. The molecule has 0 aliphatic carbocycles. The molecule has 94 valence electrons. The van der Waals surface area contributed by atoms with Crippen molar-refractivity contribution in [3.05, 3.63) is 70.2 Å². The maximum Gasteiger partial charge on any atom is 0.105 e. The monoisotopic (exact) mass is 260 g/mol. The van der Waals surface area contributed by atoms with Gasteiger partial charge in [0.2, 0.25) is 0 Å². The van der Waals surface area contributed by atoms with Crippen molar-refractivity contribution in [1.29, 1.82) is 0 Å². The summed E-state index contributed by atoms with van der Waals surface area (Å²) in [4.78, 5) is 0. The molecule has 18 heavy (non-hydrogen) atoms. The van der Waals surface area contributed by atoms with E-state index in [0.717, 1.165) is 24.0 Å². The smallest absolute Gasteiger partial charge is 0.105 e.